The van der Waals surface area contributed by atoms with Crippen molar-refractivity contribution in [1.29, 1.82) is 5.26 Å². The monoisotopic (exact) mass is 210 g/mol. The second-order valence-electron chi connectivity index (χ2n) is 3.24. The largest absolute Gasteiger partial charge is 0.379 e. The molecule has 0 atom stereocenters. The molecule has 1 heterocycles. The summed E-state index contributed by atoms with van der Waals surface area (Å²) in [6, 6.07) is 11.2. The predicted molar refractivity (Wildman–Crippen MR) is 60.5 cm³/mol. The Balaban J connectivity index is 1.98. The molecule has 2 rings (SSSR count). The van der Waals surface area contributed by atoms with Crippen molar-refractivity contribution in [2.75, 3.05) is 5.32 Å². The first kappa shape index (κ1) is 10.1. The quantitative estimate of drug-likeness (QED) is 0.841. The Kier molecular flexibility index (Phi) is 3.10. The molecule has 0 amide bonds. The van der Waals surface area contributed by atoms with Gasteiger partial charge in [0.05, 0.1) is 23.9 Å². The highest BCUT2D eigenvalue weighted by molar-refractivity contribution is 5.47. The number of nitrogens with one attached hydrogen (secondary N) is 1. The first-order chi connectivity index (χ1) is 7.88. The number of anilines is 1. The Morgan fingerprint density at radius 1 is 1.19 bits per heavy atom. The summed E-state index contributed by atoms with van der Waals surface area (Å²) in [6.45, 7) is 0.647. The molecular formula is C12H10N4. The third-order valence-electron chi connectivity index (χ3n) is 2.13. The molecule has 0 aliphatic carbocycles. The number of nitriles is 1. The predicted octanol–water partition coefficient (Wildman–Crippen LogP) is 1.96. The van der Waals surface area contributed by atoms with Gasteiger partial charge in [-0.15, -0.1) is 0 Å². The molecular weight excluding hydrogens is 200 g/mol. The third kappa shape index (κ3) is 2.55. The lowest BCUT2D eigenvalue weighted by Gasteiger charge is -2.04. The van der Waals surface area contributed by atoms with Crippen LogP contribution in [0.25, 0.3) is 0 Å². The zero-order valence-electron chi connectivity index (χ0n) is 8.59. The summed E-state index contributed by atoms with van der Waals surface area (Å²) in [5.74, 6) is 0. The smallest absolute Gasteiger partial charge is 0.115 e. The van der Waals surface area contributed by atoms with Crippen LogP contribution in [0.15, 0.2) is 42.9 Å². The summed E-state index contributed by atoms with van der Waals surface area (Å²) < 4.78 is 0. The van der Waals surface area contributed by atoms with Crippen LogP contribution < -0.4 is 5.32 Å². The van der Waals surface area contributed by atoms with Crippen LogP contribution in [0.1, 0.15) is 11.3 Å². The van der Waals surface area contributed by atoms with Crippen molar-refractivity contribution in [2.45, 2.75) is 6.54 Å². The highest BCUT2D eigenvalue weighted by Gasteiger charge is 1.95. The van der Waals surface area contributed by atoms with E-state index in [1.54, 1.807) is 18.3 Å². The van der Waals surface area contributed by atoms with E-state index in [1.165, 1.54) is 6.33 Å². The van der Waals surface area contributed by atoms with Crippen LogP contribution in [0, 0.1) is 11.3 Å². The highest BCUT2D eigenvalue weighted by Crippen LogP contribution is 2.09. The van der Waals surface area contributed by atoms with Crippen LogP contribution in [0.5, 0.6) is 0 Å². The van der Waals surface area contributed by atoms with Gasteiger partial charge in [-0.3, -0.25) is 0 Å². The fourth-order valence-electron chi connectivity index (χ4n) is 1.28. The first-order valence-electron chi connectivity index (χ1n) is 4.87. The Morgan fingerprint density at radius 2 is 2.00 bits per heavy atom. The normalized spacial score (nSPS) is 9.44. The number of benzene rings is 1. The van der Waals surface area contributed by atoms with Crippen molar-refractivity contribution < 1.29 is 0 Å². The minimum absolute atomic E-state index is 0.647. The molecule has 0 unspecified atom stereocenters. The maximum atomic E-state index is 8.65. The molecule has 0 fully saturated rings. The fraction of sp³-hybridized carbons (Fsp3) is 0.0833. The van der Waals surface area contributed by atoms with Gasteiger partial charge in [0.2, 0.25) is 0 Å². The van der Waals surface area contributed by atoms with Gasteiger partial charge in [0.15, 0.2) is 0 Å². The number of aromatic nitrogens is 2. The van der Waals surface area contributed by atoms with Gasteiger partial charge in [-0.1, -0.05) is 0 Å². The van der Waals surface area contributed by atoms with Gasteiger partial charge in [0, 0.05) is 11.9 Å². The molecule has 16 heavy (non-hydrogen) atoms. The molecule has 0 bridgehead atoms. The molecule has 1 aromatic carbocycles. The van der Waals surface area contributed by atoms with E-state index in [-0.39, 0.29) is 0 Å². The number of hydrogen-bond donors (Lipinski definition) is 1. The molecule has 0 radical (unpaired) electrons. The average molecular weight is 210 g/mol. The molecule has 0 saturated carbocycles. The minimum Gasteiger partial charge on any atom is -0.379 e. The van der Waals surface area contributed by atoms with Crippen molar-refractivity contribution in [2.24, 2.45) is 0 Å². The SMILES string of the molecule is N#Cc1ccc(NCc2ccncn2)cc1. The van der Waals surface area contributed by atoms with Gasteiger partial charge in [-0.25, -0.2) is 9.97 Å². The summed E-state index contributed by atoms with van der Waals surface area (Å²) in [4.78, 5) is 7.95. The van der Waals surface area contributed by atoms with Crippen molar-refractivity contribution in [3.63, 3.8) is 0 Å². The summed E-state index contributed by atoms with van der Waals surface area (Å²) in [7, 11) is 0. The molecule has 4 nitrogen and oxygen atoms in total. The Bertz CT molecular complexity index is 485. The molecule has 0 aliphatic heterocycles. The lowest BCUT2D eigenvalue weighted by Crippen LogP contribution is -2.01. The van der Waals surface area contributed by atoms with Crippen molar-refractivity contribution in [1.82, 2.24) is 9.97 Å². The highest BCUT2D eigenvalue weighted by atomic mass is 14.9. The number of rotatable bonds is 3. The van der Waals surface area contributed by atoms with Crippen LogP contribution >= 0.6 is 0 Å². The van der Waals surface area contributed by atoms with E-state index < -0.39 is 0 Å². The van der Waals surface area contributed by atoms with E-state index in [2.05, 4.69) is 21.4 Å². The van der Waals surface area contributed by atoms with Crippen LogP contribution in [-0.2, 0) is 6.54 Å². The molecule has 0 spiro atoms. The van der Waals surface area contributed by atoms with Gasteiger partial charge in [0.25, 0.3) is 0 Å². The molecule has 4 heteroatoms. The van der Waals surface area contributed by atoms with E-state index in [0.717, 1.165) is 11.4 Å². The Labute approximate surface area is 93.6 Å². The van der Waals surface area contributed by atoms with Gasteiger partial charge in [-0.2, -0.15) is 5.26 Å². The number of nitrogens with zero attached hydrogens (tertiary/aromatic N) is 3. The van der Waals surface area contributed by atoms with Gasteiger partial charge < -0.3 is 5.32 Å². The maximum Gasteiger partial charge on any atom is 0.115 e. The summed E-state index contributed by atoms with van der Waals surface area (Å²) in [5.41, 5.74) is 2.56. The summed E-state index contributed by atoms with van der Waals surface area (Å²) >= 11 is 0. The summed E-state index contributed by atoms with van der Waals surface area (Å²) in [5, 5.41) is 11.9. The van der Waals surface area contributed by atoms with Crippen LogP contribution in [-0.4, -0.2) is 9.97 Å². The zero-order chi connectivity index (χ0) is 11.2. The fourth-order valence-corrected chi connectivity index (χ4v) is 1.28. The second-order valence-corrected chi connectivity index (χ2v) is 3.24. The van der Waals surface area contributed by atoms with Crippen LogP contribution in [0.2, 0.25) is 0 Å². The zero-order valence-corrected chi connectivity index (χ0v) is 8.59. The third-order valence-corrected chi connectivity index (χ3v) is 2.13. The van der Waals surface area contributed by atoms with E-state index in [4.69, 9.17) is 5.26 Å². The van der Waals surface area contributed by atoms with Crippen molar-refractivity contribution >= 4 is 5.69 Å². The van der Waals surface area contributed by atoms with Crippen molar-refractivity contribution in [3.05, 3.63) is 54.1 Å². The van der Waals surface area contributed by atoms with Crippen LogP contribution in [0.4, 0.5) is 5.69 Å². The van der Waals surface area contributed by atoms with Gasteiger partial charge in [-0.05, 0) is 30.3 Å². The average Bonchev–Trinajstić information content (AvgIpc) is 2.38. The lowest BCUT2D eigenvalue weighted by atomic mass is 10.2. The maximum absolute atomic E-state index is 8.65. The lowest BCUT2D eigenvalue weighted by molar-refractivity contribution is 1.01. The number of hydrogen-bond acceptors (Lipinski definition) is 4. The molecule has 2 aromatic rings. The molecule has 0 saturated heterocycles. The minimum atomic E-state index is 0.647. The van der Waals surface area contributed by atoms with Gasteiger partial charge >= 0.3 is 0 Å². The standard InChI is InChI=1S/C12H10N4/c13-7-10-1-3-11(4-2-10)15-8-12-5-6-14-9-16-12/h1-6,9,15H,8H2. The second kappa shape index (κ2) is 4.89. The van der Waals surface area contributed by atoms with E-state index >= 15 is 0 Å². The summed E-state index contributed by atoms with van der Waals surface area (Å²) in [6.07, 6.45) is 3.23. The van der Waals surface area contributed by atoms with E-state index in [1.807, 2.05) is 18.2 Å². The molecule has 78 valence electrons. The van der Waals surface area contributed by atoms with Gasteiger partial charge in [0.1, 0.15) is 6.33 Å². The van der Waals surface area contributed by atoms with Crippen molar-refractivity contribution in [3.8, 4) is 6.07 Å². The Hall–Kier alpha value is -2.41. The first-order valence-corrected chi connectivity index (χ1v) is 4.87. The van der Waals surface area contributed by atoms with Crippen LogP contribution in [0.3, 0.4) is 0 Å². The molecule has 0 aliphatic rings. The Morgan fingerprint density at radius 3 is 2.62 bits per heavy atom. The topological polar surface area (TPSA) is 61.6 Å². The van der Waals surface area contributed by atoms with E-state index in [0.29, 0.717) is 12.1 Å². The van der Waals surface area contributed by atoms with E-state index in [9.17, 15) is 0 Å². The molecule has 1 aromatic heterocycles. The molecule has 1 N–H and O–H groups in total.